The van der Waals surface area contributed by atoms with Crippen molar-refractivity contribution in [3.05, 3.63) is 23.6 Å². The Balaban J connectivity index is 2.05. The van der Waals surface area contributed by atoms with Gasteiger partial charge in [-0.05, 0) is 31.4 Å². The normalized spacial score (nSPS) is 22.2. The van der Waals surface area contributed by atoms with Crippen LogP contribution in [0, 0.1) is 11.7 Å². The van der Waals surface area contributed by atoms with Gasteiger partial charge in [0.2, 0.25) is 0 Å². The highest BCUT2D eigenvalue weighted by Gasteiger charge is 2.17. The van der Waals surface area contributed by atoms with Crippen LogP contribution in [0.3, 0.4) is 0 Å². The molecule has 2 rings (SSSR count). The highest BCUT2D eigenvalue weighted by molar-refractivity contribution is 5.32. The molecule has 1 unspecified atom stereocenters. The molecule has 0 saturated carbocycles. The number of hydrogen-bond acceptors (Lipinski definition) is 3. The van der Waals surface area contributed by atoms with E-state index in [0.29, 0.717) is 23.8 Å². The van der Waals surface area contributed by atoms with Crippen molar-refractivity contribution in [1.82, 2.24) is 9.88 Å². The van der Waals surface area contributed by atoms with Gasteiger partial charge in [0.25, 0.3) is 0 Å². The lowest BCUT2D eigenvalue weighted by Crippen LogP contribution is -2.34. The summed E-state index contributed by atoms with van der Waals surface area (Å²) in [4.78, 5) is 6.02. The highest BCUT2D eigenvalue weighted by atomic mass is 19.1. The number of nitrogens with two attached hydrogens (primary N) is 1. The minimum absolute atomic E-state index is 0.257. The lowest BCUT2D eigenvalue weighted by Gasteiger charge is -2.30. The first kappa shape index (κ1) is 11.3. The average molecular weight is 223 g/mol. The summed E-state index contributed by atoms with van der Waals surface area (Å²) in [6.07, 6.45) is 3.68. The Hall–Kier alpha value is -1.16. The van der Waals surface area contributed by atoms with Crippen molar-refractivity contribution in [3.63, 3.8) is 0 Å². The van der Waals surface area contributed by atoms with Crippen molar-refractivity contribution >= 4 is 5.82 Å². The molecule has 0 amide bonds. The van der Waals surface area contributed by atoms with E-state index < -0.39 is 0 Å². The van der Waals surface area contributed by atoms with E-state index in [1.165, 1.54) is 19.0 Å². The molecule has 16 heavy (non-hydrogen) atoms. The van der Waals surface area contributed by atoms with Gasteiger partial charge in [0, 0.05) is 18.7 Å². The van der Waals surface area contributed by atoms with Crippen LogP contribution in [-0.4, -0.2) is 23.0 Å². The van der Waals surface area contributed by atoms with Crippen molar-refractivity contribution in [2.75, 3.05) is 18.8 Å². The highest BCUT2D eigenvalue weighted by Crippen LogP contribution is 2.19. The molecule has 0 aromatic carbocycles. The van der Waals surface area contributed by atoms with Gasteiger partial charge in [-0.25, -0.2) is 9.37 Å². The Bertz CT molecular complexity index is 367. The summed E-state index contributed by atoms with van der Waals surface area (Å²) < 4.78 is 13.5. The maximum absolute atomic E-state index is 13.5. The quantitative estimate of drug-likeness (QED) is 0.834. The molecule has 0 bridgehead atoms. The number of piperidine rings is 1. The molecule has 1 aromatic rings. The van der Waals surface area contributed by atoms with Gasteiger partial charge in [-0.1, -0.05) is 6.92 Å². The molecule has 2 N–H and O–H groups in total. The molecule has 1 aliphatic rings. The fourth-order valence-electron chi connectivity index (χ4n) is 2.29. The smallest absolute Gasteiger partial charge is 0.146 e. The Labute approximate surface area is 95.5 Å². The molecule has 0 aliphatic carbocycles. The Kier molecular flexibility index (Phi) is 3.39. The predicted molar refractivity (Wildman–Crippen MR) is 62.3 cm³/mol. The zero-order valence-corrected chi connectivity index (χ0v) is 9.62. The summed E-state index contributed by atoms with van der Waals surface area (Å²) in [5, 5.41) is 0. The van der Waals surface area contributed by atoms with E-state index in [4.69, 9.17) is 5.73 Å². The fourth-order valence-corrected chi connectivity index (χ4v) is 2.29. The monoisotopic (exact) mass is 223 g/mol. The number of aromatic nitrogens is 1. The number of anilines is 1. The van der Waals surface area contributed by atoms with Crippen LogP contribution in [0.4, 0.5) is 10.2 Å². The van der Waals surface area contributed by atoms with Crippen LogP contribution >= 0.6 is 0 Å². The lowest BCUT2D eigenvalue weighted by molar-refractivity contribution is 0.175. The number of nitrogen functional groups attached to an aromatic ring is 1. The molecule has 1 aromatic heterocycles. The van der Waals surface area contributed by atoms with Crippen LogP contribution in [0.5, 0.6) is 0 Å². The van der Waals surface area contributed by atoms with Gasteiger partial charge in [-0.3, -0.25) is 4.90 Å². The number of likely N-dealkylation sites (tertiary alicyclic amines) is 1. The molecule has 4 heteroatoms. The largest absolute Gasteiger partial charge is 0.384 e. The van der Waals surface area contributed by atoms with Crippen LogP contribution in [0.2, 0.25) is 0 Å². The van der Waals surface area contributed by atoms with Crippen molar-refractivity contribution in [1.29, 1.82) is 0 Å². The average Bonchev–Trinajstić information content (AvgIpc) is 2.24. The van der Waals surface area contributed by atoms with Crippen LogP contribution in [0.1, 0.15) is 25.3 Å². The van der Waals surface area contributed by atoms with Crippen LogP contribution < -0.4 is 5.73 Å². The number of halogens is 1. The van der Waals surface area contributed by atoms with Gasteiger partial charge in [-0.2, -0.15) is 0 Å². The lowest BCUT2D eigenvalue weighted by atomic mass is 10.00. The molecule has 88 valence electrons. The summed E-state index contributed by atoms with van der Waals surface area (Å²) in [6, 6.07) is 1.63. The molecule has 1 fully saturated rings. The molecule has 2 heterocycles. The third-order valence-electron chi connectivity index (χ3n) is 3.09. The third-order valence-corrected chi connectivity index (χ3v) is 3.09. The molecular formula is C12H18FN3. The molecular weight excluding hydrogens is 205 g/mol. The van der Waals surface area contributed by atoms with E-state index in [2.05, 4.69) is 16.8 Å². The van der Waals surface area contributed by atoms with Crippen LogP contribution in [0.15, 0.2) is 12.3 Å². The number of nitrogens with zero attached hydrogens (tertiary/aromatic N) is 2. The molecule has 0 spiro atoms. The first-order chi connectivity index (χ1) is 7.65. The summed E-state index contributed by atoms with van der Waals surface area (Å²) in [5.41, 5.74) is 6.22. The summed E-state index contributed by atoms with van der Waals surface area (Å²) in [7, 11) is 0. The summed E-state index contributed by atoms with van der Waals surface area (Å²) >= 11 is 0. The standard InChI is InChI=1S/C12H18FN3/c1-9-3-2-4-16(7-9)8-10-5-12(14)15-6-11(10)13/h5-6,9H,2-4,7-8H2,1H3,(H2,14,15). The molecule has 3 nitrogen and oxygen atoms in total. The van der Waals surface area contributed by atoms with Crippen molar-refractivity contribution < 1.29 is 4.39 Å². The minimum Gasteiger partial charge on any atom is -0.384 e. The second kappa shape index (κ2) is 4.78. The van der Waals surface area contributed by atoms with Crippen LogP contribution in [0.25, 0.3) is 0 Å². The van der Waals surface area contributed by atoms with Gasteiger partial charge < -0.3 is 5.73 Å². The predicted octanol–water partition coefficient (Wildman–Crippen LogP) is 2.03. The molecule has 1 aliphatic heterocycles. The van der Waals surface area contributed by atoms with Crippen molar-refractivity contribution in [3.8, 4) is 0 Å². The van der Waals surface area contributed by atoms with Crippen molar-refractivity contribution in [2.24, 2.45) is 5.92 Å². The van der Waals surface area contributed by atoms with Gasteiger partial charge in [0.05, 0.1) is 6.20 Å². The first-order valence-corrected chi connectivity index (χ1v) is 5.77. The second-order valence-corrected chi connectivity index (χ2v) is 4.68. The second-order valence-electron chi connectivity index (χ2n) is 4.68. The van der Waals surface area contributed by atoms with Gasteiger partial charge in [0.15, 0.2) is 0 Å². The van der Waals surface area contributed by atoms with E-state index in [9.17, 15) is 4.39 Å². The molecule has 1 saturated heterocycles. The summed E-state index contributed by atoms with van der Waals surface area (Å²) in [5.74, 6) is 0.838. The first-order valence-electron chi connectivity index (χ1n) is 5.77. The van der Waals surface area contributed by atoms with Crippen molar-refractivity contribution in [2.45, 2.75) is 26.3 Å². The van der Waals surface area contributed by atoms with Gasteiger partial charge >= 0.3 is 0 Å². The van der Waals surface area contributed by atoms with E-state index in [-0.39, 0.29) is 5.82 Å². The Morgan fingerprint density at radius 3 is 3.19 bits per heavy atom. The molecule has 1 atom stereocenters. The number of hydrogen-bond donors (Lipinski definition) is 1. The number of pyridine rings is 1. The van der Waals surface area contributed by atoms with E-state index in [1.54, 1.807) is 6.07 Å². The zero-order chi connectivity index (χ0) is 11.5. The van der Waals surface area contributed by atoms with E-state index >= 15 is 0 Å². The third kappa shape index (κ3) is 2.70. The molecule has 0 radical (unpaired) electrons. The van der Waals surface area contributed by atoms with Gasteiger partial charge in [0.1, 0.15) is 11.6 Å². The topological polar surface area (TPSA) is 42.1 Å². The van der Waals surface area contributed by atoms with Crippen LogP contribution in [-0.2, 0) is 6.54 Å². The maximum atomic E-state index is 13.5. The SMILES string of the molecule is CC1CCCN(Cc2cc(N)ncc2F)C1. The maximum Gasteiger partial charge on any atom is 0.146 e. The zero-order valence-electron chi connectivity index (χ0n) is 9.62. The minimum atomic E-state index is -0.257. The van der Waals surface area contributed by atoms with E-state index in [0.717, 1.165) is 13.1 Å². The van der Waals surface area contributed by atoms with Gasteiger partial charge in [-0.15, -0.1) is 0 Å². The van der Waals surface area contributed by atoms with E-state index in [1.807, 2.05) is 0 Å². The Morgan fingerprint density at radius 2 is 2.44 bits per heavy atom. The summed E-state index contributed by atoms with van der Waals surface area (Å²) in [6.45, 7) is 4.97. The fraction of sp³-hybridized carbons (Fsp3) is 0.583. The number of rotatable bonds is 2. The Morgan fingerprint density at radius 1 is 1.62 bits per heavy atom.